The molecule has 0 aromatic heterocycles. The predicted molar refractivity (Wildman–Crippen MR) is 78.9 cm³/mol. The van der Waals surface area contributed by atoms with Crippen LogP contribution in [-0.4, -0.2) is 28.3 Å². The molecule has 0 spiro atoms. The van der Waals surface area contributed by atoms with Crippen LogP contribution in [0.15, 0.2) is 24.3 Å². The van der Waals surface area contributed by atoms with Gasteiger partial charge in [0.15, 0.2) is 0 Å². The summed E-state index contributed by atoms with van der Waals surface area (Å²) < 4.78 is 0. The van der Waals surface area contributed by atoms with E-state index in [0.717, 1.165) is 5.56 Å². The number of carbonyl (C=O) groups excluding carboxylic acids is 3. The summed E-state index contributed by atoms with van der Waals surface area (Å²) in [6.45, 7) is 9.36. The zero-order valence-electron chi connectivity index (χ0n) is 13.0. The number of hydrogen-bond acceptors (Lipinski definition) is 3. The van der Waals surface area contributed by atoms with Crippen molar-refractivity contribution < 1.29 is 14.4 Å². The summed E-state index contributed by atoms with van der Waals surface area (Å²) in [6, 6.07) is 6.31. The Bertz CT molecular complexity index is 609. The van der Waals surface area contributed by atoms with E-state index in [1.165, 1.54) is 0 Å². The largest absolute Gasteiger partial charge is 0.332 e. The van der Waals surface area contributed by atoms with Crippen LogP contribution in [0.4, 0.5) is 4.79 Å². The van der Waals surface area contributed by atoms with E-state index in [-0.39, 0.29) is 5.41 Å². The maximum absolute atomic E-state index is 12.4. The lowest BCUT2D eigenvalue weighted by Crippen LogP contribution is -2.41. The first-order valence-corrected chi connectivity index (χ1v) is 6.85. The van der Waals surface area contributed by atoms with E-state index in [1.807, 2.05) is 12.1 Å². The minimum absolute atomic E-state index is 0.0234. The SMILES string of the molecule is CC1(C)NC(=O)N(C(=O)c2ccc(C(C)(C)C)cc2)C1=O. The van der Waals surface area contributed by atoms with E-state index in [0.29, 0.717) is 10.5 Å². The third-order valence-electron chi connectivity index (χ3n) is 3.56. The molecule has 1 heterocycles. The van der Waals surface area contributed by atoms with Crippen LogP contribution in [0.2, 0.25) is 0 Å². The Labute approximate surface area is 124 Å². The van der Waals surface area contributed by atoms with E-state index >= 15 is 0 Å². The minimum Gasteiger partial charge on any atom is -0.323 e. The number of nitrogens with zero attached hydrogens (tertiary/aromatic N) is 1. The fraction of sp³-hybridized carbons (Fsp3) is 0.438. The highest BCUT2D eigenvalue weighted by Crippen LogP contribution is 2.24. The Morgan fingerprint density at radius 1 is 1.10 bits per heavy atom. The standard InChI is InChI=1S/C16H20N2O3/c1-15(2,3)11-8-6-10(7-9-11)12(19)18-13(20)16(4,5)17-14(18)21/h6-9H,1-5H3,(H,17,21). The fourth-order valence-corrected chi connectivity index (χ4v) is 2.17. The Morgan fingerprint density at radius 3 is 2.00 bits per heavy atom. The van der Waals surface area contributed by atoms with Crippen molar-refractivity contribution in [2.24, 2.45) is 0 Å². The van der Waals surface area contributed by atoms with Crippen LogP contribution in [0.1, 0.15) is 50.5 Å². The van der Waals surface area contributed by atoms with E-state index in [1.54, 1.807) is 26.0 Å². The molecule has 0 saturated carbocycles. The number of urea groups is 1. The average molecular weight is 288 g/mol. The monoisotopic (exact) mass is 288 g/mol. The summed E-state index contributed by atoms with van der Waals surface area (Å²) in [5, 5.41) is 2.50. The molecule has 1 aliphatic rings. The molecule has 5 nitrogen and oxygen atoms in total. The van der Waals surface area contributed by atoms with Crippen LogP contribution >= 0.6 is 0 Å². The van der Waals surface area contributed by atoms with Gasteiger partial charge in [-0.1, -0.05) is 32.9 Å². The smallest absolute Gasteiger partial charge is 0.323 e. The molecule has 1 aliphatic heterocycles. The van der Waals surface area contributed by atoms with E-state index in [4.69, 9.17) is 0 Å². The molecule has 2 rings (SSSR count). The van der Waals surface area contributed by atoms with Gasteiger partial charge in [0.1, 0.15) is 5.54 Å². The number of carbonyl (C=O) groups is 3. The van der Waals surface area contributed by atoms with Crippen molar-refractivity contribution in [2.45, 2.75) is 45.6 Å². The molecule has 1 N–H and O–H groups in total. The van der Waals surface area contributed by atoms with Gasteiger partial charge in [-0.05, 0) is 37.0 Å². The first-order chi connectivity index (χ1) is 9.54. The number of rotatable bonds is 1. The molecular formula is C16H20N2O3. The third-order valence-corrected chi connectivity index (χ3v) is 3.56. The van der Waals surface area contributed by atoms with Gasteiger partial charge in [-0.25, -0.2) is 4.79 Å². The second-order valence-corrected chi connectivity index (χ2v) is 6.83. The second kappa shape index (κ2) is 4.69. The number of hydrogen-bond donors (Lipinski definition) is 1. The van der Waals surface area contributed by atoms with Gasteiger partial charge in [0.05, 0.1) is 0 Å². The van der Waals surface area contributed by atoms with Crippen LogP contribution in [0, 0.1) is 0 Å². The van der Waals surface area contributed by atoms with Gasteiger partial charge >= 0.3 is 6.03 Å². The highest BCUT2D eigenvalue weighted by atomic mass is 16.2. The zero-order chi connectivity index (χ0) is 16.0. The van der Waals surface area contributed by atoms with Crippen LogP contribution in [0.5, 0.6) is 0 Å². The van der Waals surface area contributed by atoms with Crippen molar-refractivity contribution in [1.29, 1.82) is 0 Å². The van der Waals surface area contributed by atoms with Crippen LogP contribution in [0.3, 0.4) is 0 Å². The van der Waals surface area contributed by atoms with Crippen LogP contribution < -0.4 is 5.32 Å². The summed E-state index contributed by atoms with van der Waals surface area (Å²) in [5.41, 5.74) is 0.337. The van der Waals surface area contributed by atoms with Crippen molar-refractivity contribution in [1.82, 2.24) is 10.2 Å². The summed E-state index contributed by atoms with van der Waals surface area (Å²) >= 11 is 0. The van der Waals surface area contributed by atoms with Gasteiger partial charge in [-0.15, -0.1) is 0 Å². The highest BCUT2D eigenvalue weighted by Gasteiger charge is 2.47. The highest BCUT2D eigenvalue weighted by molar-refractivity contribution is 6.21. The van der Waals surface area contributed by atoms with Crippen LogP contribution in [-0.2, 0) is 10.2 Å². The topological polar surface area (TPSA) is 66.5 Å². The van der Waals surface area contributed by atoms with Crippen molar-refractivity contribution in [3.63, 3.8) is 0 Å². The number of benzene rings is 1. The molecule has 1 saturated heterocycles. The normalized spacial score (nSPS) is 17.9. The molecule has 5 heteroatoms. The lowest BCUT2D eigenvalue weighted by atomic mass is 9.86. The Kier molecular flexibility index (Phi) is 3.40. The predicted octanol–water partition coefficient (Wildman–Crippen LogP) is 2.45. The van der Waals surface area contributed by atoms with Gasteiger partial charge in [0.2, 0.25) is 0 Å². The fourth-order valence-electron chi connectivity index (χ4n) is 2.17. The van der Waals surface area contributed by atoms with E-state index in [9.17, 15) is 14.4 Å². The number of imide groups is 3. The Hall–Kier alpha value is -2.17. The van der Waals surface area contributed by atoms with Crippen molar-refractivity contribution in [2.75, 3.05) is 0 Å². The molecule has 4 amide bonds. The lowest BCUT2D eigenvalue weighted by molar-refractivity contribution is -0.128. The van der Waals surface area contributed by atoms with Crippen LogP contribution in [0.25, 0.3) is 0 Å². The van der Waals surface area contributed by atoms with Gasteiger partial charge in [0.25, 0.3) is 11.8 Å². The van der Waals surface area contributed by atoms with Crippen molar-refractivity contribution in [3.05, 3.63) is 35.4 Å². The third kappa shape index (κ3) is 2.68. The molecule has 0 bridgehead atoms. The second-order valence-electron chi connectivity index (χ2n) is 6.83. The molecule has 1 fully saturated rings. The lowest BCUT2D eigenvalue weighted by Gasteiger charge is -2.19. The molecule has 0 radical (unpaired) electrons. The molecule has 112 valence electrons. The first kappa shape index (κ1) is 15.2. The molecule has 21 heavy (non-hydrogen) atoms. The molecule has 0 unspecified atom stereocenters. The zero-order valence-corrected chi connectivity index (χ0v) is 13.0. The van der Waals surface area contributed by atoms with E-state index < -0.39 is 23.4 Å². The van der Waals surface area contributed by atoms with Crippen molar-refractivity contribution >= 4 is 17.8 Å². The molecule has 0 atom stereocenters. The quantitative estimate of drug-likeness (QED) is 0.637. The minimum atomic E-state index is -1.04. The number of nitrogens with one attached hydrogen (secondary N) is 1. The summed E-state index contributed by atoms with van der Waals surface area (Å²) in [7, 11) is 0. The Morgan fingerprint density at radius 2 is 1.62 bits per heavy atom. The van der Waals surface area contributed by atoms with Gasteiger partial charge in [0, 0.05) is 5.56 Å². The van der Waals surface area contributed by atoms with E-state index in [2.05, 4.69) is 26.1 Å². The summed E-state index contributed by atoms with van der Waals surface area (Å²) in [4.78, 5) is 36.9. The maximum Gasteiger partial charge on any atom is 0.332 e. The van der Waals surface area contributed by atoms with Crippen molar-refractivity contribution in [3.8, 4) is 0 Å². The van der Waals surface area contributed by atoms with Gasteiger partial charge in [-0.2, -0.15) is 4.90 Å². The summed E-state index contributed by atoms with van der Waals surface area (Å²) in [6.07, 6.45) is 0. The molecular weight excluding hydrogens is 268 g/mol. The average Bonchev–Trinajstić information content (AvgIpc) is 2.57. The van der Waals surface area contributed by atoms with Gasteiger partial charge < -0.3 is 5.32 Å². The molecule has 1 aromatic rings. The maximum atomic E-state index is 12.4. The molecule has 1 aromatic carbocycles. The van der Waals surface area contributed by atoms with Gasteiger partial charge in [-0.3, -0.25) is 9.59 Å². The first-order valence-electron chi connectivity index (χ1n) is 6.85. The number of amides is 4. The molecule has 0 aliphatic carbocycles. The Balaban J connectivity index is 2.29. The summed E-state index contributed by atoms with van der Waals surface area (Å²) in [5.74, 6) is -1.12.